The minimum absolute atomic E-state index is 0.158. The fourth-order valence-corrected chi connectivity index (χ4v) is 2.25. The quantitative estimate of drug-likeness (QED) is 0.583. The largest absolute Gasteiger partial charge is 0.484 e. The van der Waals surface area contributed by atoms with E-state index in [1.165, 1.54) is 24.3 Å². The molecular weight excluding hydrogens is 308 g/mol. The molecule has 2 rings (SSSR count). The average molecular weight is 324 g/mol. The van der Waals surface area contributed by atoms with E-state index in [1.807, 2.05) is 0 Å². The topological polar surface area (TPSA) is 128 Å². The number of carboxylic acid groups (broad SMARTS) is 1. The van der Waals surface area contributed by atoms with E-state index in [4.69, 9.17) is 9.47 Å². The lowest BCUT2D eigenvalue weighted by molar-refractivity contribution is -0.384. The second kappa shape index (κ2) is 7.05. The van der Waals surface area contributed by atoms with Gasteiger partial charge in [0.25, 0.3) is 11.6 Å². The molecule has 0 bridgehead atoms. The summed E-state index contributed by atoms with van der Waals surface area (Å²) >= 11 is 0. The lowest BCUT2D eigenvalue weighted by atomic mass is 9.90. The fraction of sp³-hybridized carbons (Fsp3) is 0.429. The third kappa shape index (κ3) is 4.16. The number of carboxylic acids is 1. The van der Waals surface area contributed by atoms with Gasteiger partial charge >= 0.3 is 5.97 Å². The number of hydrogen-bond donors (Lipinski definition) is 2. The molecule has 124 valence electrons. The molecule has 0 spiro atoms. The van der Waals surface area contributed by atoms with Gasteiger partial charge in [-0.2, -0.15) is 0 Å². The van der Waals surface area contributed by atoms with Gasteiger partial charge in [-0.1, -0.05) is 6.07 Å². The van der Waals surface area contributed by atoms with Gasteiger partial charge in [0.2, 0.25) is 0 Å². The lowest BCUT2D eigenvalue weighted by Gasteiger charge is -2.33. The number of nitro groups is 1. The maximum absolute atomic E-state index is 11.9. The number of nitrogens with one attached hydrogen (secondary N) is 1. The summed E-state index contributed by atoms with van der Waals surface area (Å²) < 4.78 is 10.3. The first-order valence-corrected chi connectivity index (χ1v) is 6.92. The summed E-state index contributed by atoms with van der Waals surface area (Å²) in [6.45, 7) is 0.0632. The van der Waals surface area contributed by atoms with Crippen molar-refractivity contribution >= 4 is 17.6 Å². The Morgan fingerprint density at radius 1 is 1.39 bits per heavy atom. The van der Waals surface area contributed by atoms with Crippen molar-refractivity contribution in [3.8, 4) is 5.75 Å². The number of amides is 1. The van der Waals surface area contributed by atoms with Gasteiger partial charge in [-0.15, -0.1) is 0 Å². The van der Waals surface area contributed by atoms with Crippen molar-refractivity contribution in [2.45, 2.75) is 18.4 Å². The van der Waals surface area contributed by atoms with E-state index in [0.29, 0.717) is 0 Å². The van der Waals surface area contributed by atoms with Crippen LogP contribution in [0.5, 0.6) is 5.75 Å². The van der Waals surface area contributed by atoms with Crippen LogP contribution in [0.3, 0.4) is 0 Å². The van der Waals surface area contributed by atoms with Gasteiger partial charge in [0.1, 0.15) is 11.3 Å². The molecule has 0 aromatic heterocycles. The van der Waals surface area contributed by atoms with Gasteiger partial charge in [-0.3, -0.25) is 14.9 Å². The summed E-state index contributed by atoms with van der Waals surface area (Å²) in [7, 11) is 0. The normalized spacial score (nSPS) is 16.3. The van der Waals surface area contributed by atoms with E-state index >= 15 is 0 Å². The number of non-ortho nitro benzene ring substituents is 1. The van der Waals surface area contributed by atoms with Gasteiger partial charge in [0.15, 0.2) is 6.61 Å². The summed E-state index contributed by atoms with van der Waals surface area (Å²) in [6, 6.07) is 5.40. The molecule has 0 radical (unpaired) electrons. The Bertz CT molecular complexity index is 611. The van der Waals surface area contributed by atoms with Crippen molar-refractivity contribution in [1.82, 2.24) is 5.32 Å². The minimum Gasteiger partial charge on any atom is -0.484 e. The second-order valence-electron chi connectivity index (χ2n) is 5.09. The van der Waals surface area contributed by atoms with Crippen LogP contribution >= 0.6 is 0 Å². The highest BCUT2D eigenvalue weighted by Crippen LogP contribution is 2.22. The number of nitro benzene ring substituents is 1. The zero-order valence-electron chi connectivity index (χ0n) is 12.2. The molecule has 1 aromatic rings. The van der Waals surface area contributed by atoms with Crippen LogP contribution in [0.2, 0.25) is 0 Å². The molecule has 1 fully saturated rings. The summed E-state index contributed by atoms with van der Waals surface area (Å²) in [5.74, 6) is -1.57. The molecule has 0 atom stereocenters. The molecule has 2 N–H and O–H groups in total. The van der Waals surface area contributed by atoms with Crippen LogP contribution in [-0.4, -0.2) is 47.3 Å². The van der Waals surface area contributed by atoms with E-state index in [9.17, 15) is 24.8 Å². The Kier molecular flexibility index (Phi) is 5.12. The van der Waals surface area contributed by atoms with Crippen LogP contribution < -0.4 is 10.1 Å². The summed E-state index contributed by atoms with van der Waals surface area (Å²) in [5.41, 5.74) is -1.52. The van der Waals surface area contributed by atoms with Gasteiger partial charge < -0.3 is 19.9 Å². The van der Waals surface area contributed by atoms with Crippen LogP contribution in [0.15, 0.2) is 24.3 Å². The highest BCUT2D eigenvalue weighted by Gasteiger charge is 2.41. The number of nitrogens with zero attached hydrogens (tertiary/aromatic N) is 1. The monoisotopic (exact) mass is 324 g/mol. The van der Waals surface area contributed by atoms with Gasteiger partial charge in [0.05, 0.1) is 11.0 Å². The van der Waals surface area contributed by atoms with Crippen LogP contribution in [-0.2, 0) is 14.3 Å². The SMILES string of the molecule is O=C(COc1cccc([N+](=O)[O-])c1)NC1(C(=O)O)CCOCC1. The molecule has 1 aliphatic heterocycles. The molecule has 23 heavy (non-hydrogen) atoms. The third-order valence-electron chi connectivity index (χ3n) is 3.53. The van der Waals surface area contributed by atoms with Gasteiger partial charge in [-0.25, -0.2) is 4.79 Å². The maximum Gasteiger partial charge on any atom is 0.329 e. The second-order valence-corrected chi connectivity index (χ2v) is 5.09. The Balaban J connectivity index is 1.95. The molecule has 1 saturated heterocycles. The molecule has 0 aliphatic carbocycles. The smallest absolute Gasteiger partial charge is 0.329 e. The van der Waals surface area contributed by atoms with E-state index in [1.54, 1.807) is 0 Å². The predicted octanol–water partition coefficient (Wildman–Crippen LogP) is 0.724. The minimum atomic E-state index is -1.36. The molecule has 1 heterocycles. The van der Waals surface area contributed by atoms with E-state index in [2.05, 4.69) is 5.32 Å². The first-order chi connectivity index (χ1) is 10.9. The standard InChI is InChI=1S/C14H16N2O7/c17-12(15-14(13(18)19)4-6-22-7-5-14)9-23-11-3-1-2-10(8-11)16(20)21/h1-3,8H,4-7,9H2,(H,15,17)(H,18,19). The maximum atomic E-state index is 11.9. The van der Waals surface area contributed by atoms with Crippen LogP contribution in [0, 0.1) is 10.1 Å². The average Bonchev–Trinajstić information content (AvgIpc) is 2.54. The van der Waals surface area contributed by atoms with Crippen LogP contribution in [0.25, 0.3) is 0 Å². The molecule has 0 unspecified atom stereocenters. The lowest BCUT2D eigenvalue weighted by Crippen LogP contribution is -2.58. The number of rotatable bonds is 6. The van der Waals surface area contributed by atoms with Crippen molar-refractivity contribution < 1.29 is 29.1 Å². The molecule has 1 aromatic carbocycles. The fourth-order valence-electron chi connectivity index (χ4n) is 2.25. The number of carbonyl (C=O) groups is 2. The highest BCUT2D eigenvalue weighted by atomic mass is 16.6. The van der Waals surface area contributed by atoms with Crippen molar-refractivity contribution in [2.75, 3.05) is 19.8 Å². The van der Waals surface area contributed by atoms with Crippen LogP contribution in [0.1, 0.15) is 12.8 Å². The molecule has 9 nitrogen and oxygen atoms in total. The Hall–Kier alpha value is -2.68. The first-order valence-electron chi connectivity index (χ1n) is 6.92. The Morgan fingerprint density at radius 3 is 2.70 bits per heavy atom. The summed E-state index contributed by atoms with van der Waals surface area (Å²) in [5, 5.41) is 22.5. The highest BCUT2D eigenvalue weighted by molar-refractivity contribution is 5.87. The zero-order chi connectivity index (χ0) is 16.9. The third-order valence-corrected chi connectivity index (χ3v) is 3.53. The number of aliphatic carboxylic acids is 1. The van der Waals surface area contributed by atoms with Crippen molar-refractivity contribution in [2.24, 2.45) is 0 Å². The zero-order valence-corrected chi connectivity index (χ0v) is 12.2. The summed E-state index contributed by atoms with van der Waals surface area (Å²) in [6.07, 6.45) is 0.343. The Labute approximate surface area is 131 Å². The number of benzene rings is 1. The number of carbonyl (C=O) groups excluding carboxylic acids is 1. The van der Waals surface area contributed by atoms with Crippen LogP contribution in [0.4, 0.5) is 5.69 Å². The van der Waals surface area contributed by atoms with Crippen molar-refractivity contribution in [3.63, 3.8) is 0 Å². The van der Waals surface area contributed by atoms with Crippen molar-refractivity contribution in [1.29, 1.82) is 0 Å². The van der Waals surface area contributed by atoms with Gasteiger partial charge in [-0.05, 0) is 6.07 Å². The molecule has 9 heteroatoms. The Morgan fingerprint density at radius 2 is 2.09 bits per heavy atom. The van der Waals surface area contributed by atoms with E-state index in [-0.39, 0.29) is 37.5 Å². The first kappa shape index (κ1) is 16.7. The van der Waals surface area contributed by atoms with Gasteiger partial charge in [0, 0.05) is 32.1 Å². The molecule has 1 amide bonds. The molecule has 1 aliphatic rings. The number of ether oxygens (including phenoxy) is 2. The summed E-state index contributed by atoms with van der Waals surface area (Å²) in [4.78, 5) is 33.4. The number of hydrogen-bond acceptors (Lipinski definition) is 6. The van der Waals surface area contributed by atoms with E-state index in [0.717, 1.165) is 0 Å². The van der Waals surface area contributed by atoms with Crippen molar-refractivity contribution in [3.05, 3.63) is 34.4 Å². The predicted molar refractivity (Wildman–Crippen MR) is 77.2 cm³/mol. The van der Waals surface area contributed by atoms with E-state index < -0.39 is 28.9 Å². The molecular formula is C14H16N2O7. The molecule has 0 saturated carbocycles.